The zero-order valence-corrected chi connectivity index (χ0v) is 24.5. The van der Waals surface area contributed by atoms with Crippen LogP contribution in [0.25, 0.3) is 32.3 Å². The Morgan fingerprint density at radius 1 is 0.381 bits per heavy atom. The lowest BCUT2D eigenvalue weighted by atomic mass is 10.1. The molecule has 0 radical (unpaired) electrons. The molecule has 0 bridgehead atoms. The van der Waals surface area contributed by atoms with Gasteiger partial charge in [-0.05, 0) is 68.7 Å². The Labute approximate surface area is 240 Å². The van der Waals surface area contributed by atoms with Crippen LogP contribution < -0.4 is 28.8 Å². The van der Waals surface area contributed by atoms with Crippen molar-refractivity contribution in [3.05, 3.63) is 109 Å². The summed E-state index contributed by atoms with van der Waals surface area (Å²) in [6.45, 7) is 0. The highest BCUT2D eigenvalue weighted by molar-refractivity contribution is 7.85. The minimum atomic E-state index is -3.07. The number of rotatable bonds is 0. The van der Waals surface area contributed by atoms with Crippen LogP contribution in [0.2, 0.25) is 0 Å². The van der Waals surface area contributed by atoms with Crippen LogP contribution in [0.3, 0.4) is 0 Å². The fourth-order valence-electron chi connectivity index (χ4n) is 5.89. The summed E-state index contributed by atoms with van der Waals surface area (Å²) < 4.78 is 35.7. The average molecular weight is 606 g/mol. The monoisotopic (exact) mass is 606 g/mol. The molecule has 0 amide bonds. The molecule has 204 valence electrons. The third kappa shape index (κ3) is 3.36. The molecule has 0 aliphatic carbocycles. The van der Waals surface area contributed by atoms with Crippen molar-refractivity contribution >= 4 is 72.1 Å². The first-order chi connectivity index (χ1) is 20.5. The smallest absolute Gasteiger partial charge is 0.362 e. The fourth-order valence-corrected chi connectivity index (χ4v) is 16.1. The Balaban J connectivity index is 1.18. The number of nitrogens with zero attached hydrogens (tertiary/aromatic N) is 3. The van der Waals surface area contributed by atoms with Crippen LogP contribution >= 0.6 is 22.7 Å². The number of hydrogen-bond donors (Lipinski definition) is 3. The van der Waals surface area contributed by atoms with Gasteiger partial charge in [0.1, 0.15) is 0 Å². The number of benzene rings is 6. The summed E-state index contributed by atoms with van der Waals surface area (Å²) in [5, 5.41) is 17.3. The Kier molecular flexibility index (Phi) is 4.36. The summed E-state index contributed by atoms with van der Waals surface area (Å²) in [5.74, 6) is 2.12. The maximum Gasteiger partial charge on any atom is 0.362 e. The van der Waals surface area contributed by atoms with E-state index in [0.717, 1.165) is 49.4 Å². The summed E-state index contributed by atoms with van der Waals surface area (Å²) in [4.78, 5) is 0. The van der Waals surface area contributed by atoms with E-state index in [4.69, 9.17) is 27.1 Å². The largest absolute Gasteiger partial charge is 0.424 e. The second kappa shape index (κ2) is 7.90. The molecule has 4 heterocycles. The number of anilines is 3. The van der Waals surface area contributed by atoms with Crippen molar-refractivity contribution in [3.8, 4) is 17.2 Å². The molecule has 42 heavy (non-hydrogen) atoms. The van der Waals surface area contributed by atoms with Crippen LogP contribution in [0.5, 0.6) is 17.2 Å². The maximum absolute atomic E-state index is 6.69. The number of hydrogen-bond acceptors (Lipinski definition) is 9. The van der Waals surface area contributed by atoms with Gasteiger partial charge in [-0.15, -0.1) is 13.5 Å². The first kappa shape index (κ1) is 23.2. The highest BCUT2D eigenvalue weighted by Crippen LogP contribution is 2.82. The molecular weight excluding hydrogens is 585 g/mol. The van der Waals surface area contributed by atoms with E-state index in [-0.39, 0.29) is 0 Å². The molecule has 0 fully saturated rings. The molecule has 6 aromatic carbocycles. The fraction of sp³-hybridized carbons (Fsp3) is 0. The van der Waals surface area contributed by atoms with Gasteiger partial charge in [-0.2, -0.15) is 0 Å². The van der Waals surface area contributed by atoms with E-state index in [1.165, 1.54) is 0 Å². The van der Waals surface area contributed by atoms with Crippen molar-refractivity contribution in [2.75, 3.05) is 15.3 Å². The molecule has 9 nitrogen and oxygen atoms in total. The normalized spacial score (nSPS) is 25.7. The maximum atomic E-state index is 6.69. The van der Waals surface area contributed by atoms with E-state index < -0.39 is 22.7 Å². The van der Waals surface area contributed by atoms with Crippen LogP contribution in [0.4, 0.5) is 17.1 Å². The topological polar surface area (TPSA) is 101 Å². The first-order valence-corrected chi connectivity index (χ1v) is 18.3. The lowest BCUT2D eigenvalue weighted by Gasteiger charge is -2.27. The molecule has 0 saturated carbocycles. The Bertz CT molecular complexity index is 1960. The van der Waals surface area contributed by atoms with Gasteiger partial charge >= 0.3 is 22.7 Å². The summed E-state index contributed by atoms with van der Waals surface area (Å²) in [5.41, 5.74) is 2.54. The molecule has 4 aliphatic rings. The minimum Gasteiger partial charge on any atom is -0.424 e. The average Bonchev–Trinajstić information content (AvgIpc) is 3.60. The van der Waals surface area contributed by atoms with Crippen molar-refractivity contribution in [1.29, 1.82) is 0 Å². The highest BCUT2D eigenvalue weighted by atomic mass is 31.3. The number of fused-ring (bicyclic) bond motifs is 6. The summed E-state index contributed by atoms with van der Waals surface area (Å²) in [6.07, 6.45) is 0. The van der Waals surface area contributed by atoms with E-state index in [0.29, 0.717) is 17.2 Å². The van der Waals surface area contributed by atoms with E-state index in [9.17, 15) is 0 Å². The van der Waals surface area contributed by atoms with Gasteiger partial charge in [-0.1, -0.05) is 72.8 Å². The van der Waals surface area contributed by atoms with Crippen LogP contribution in [-0.4, -0.2) is 0 Å². The summed E-state index contributed by atoms with van der Waals surface area (Å²) in [7, 11) is -9.22. The molecule has 3 spiro atoms. The Hall–Kier alpha value is -4.41. The van der Waals surface area contributed by atoms with Gasteiger partial charge in [0.25, 0.3) is 0 Å². The highest BCUT2D eigenvalue weighted by Gasteiger charge is 2.49. The van der Waals surface area contributed by atoms with Crippen molar-refractivity contribution in [2.24, 2.45) is 13.5 Å². The number of nitrogens with one attached hydrogen (secondary N) is 3. The first-order valence-electron chi connectivity index (χ1n) is 13.5. The van der Waals surface area contributed by atoms with Gasteiger partial charge in [-0.25, -0.2) is 0 Å². The zero-order chi connectivity index (χ0) is 27.5. The Morgan fingerprint density at radius 2 is 0.643 bits per heavy atom. The predicted molar refractivity (Wildman–Crippen MR) is 173 cm³/mol. The van der Waals surface area contributed by atoms with Gasteiger partial charge in [-0.3, -0.25) is 15.3 Å². The lowest BCUT2D eigenvalue weighted by Crippen LogP contribution is -2.05. The standard InChI is InChI=1S/C30H21N6O3P3/c1-4-10-22-16-28-25(13-19(22)7-1)31-40(37-28)34-41(32-26-14-20-8-2-5-11-23(20)17-29(26)38-41)36-42(35-40)33-27-15-21-9-3-6-12-24(21)18-30(27)39-42/h1-18,31-33H. The third-order valence-corrected chi connectivity index (χ3v) is 16.5. The molecule has 6 aromatic rings. The van der Waals surface area contributed by atoms with Crippen LogP contribution in [0.15, 0.2) is 123 Å². The zero-order valence-electron chi connectivity index (χ0n) is 21.8. The predicted octanol–water partition coefficient (Wildman–Crippen LogP) is 10.8. The van der Waals surface area contributed by atoms with E-state index in [2.05, 4.69) is 69.9 Å². The van der Waals surface area contributed by atoms with E-state index in [1.807, 2.05) is 54.6 Å². The second-order valence-electron chi connectivity index (χ2n) is 10.6. The van der Waals surface area contributed by atoms with E-state index in [1.54, 1.807) is 0 Å². The SMILES string of the molecule is c1ccc2cc3c(cc2c1)NP1(=NP2(=NP4(=N1)Nc1cc5ccccc5cc1O4)Nc1cc4ccccc4cc1O2)O3. The van der Waals surface area contributed by atoms with E-state index >= 15 is 0 Å². The molecule has 3 N–H and O–H groups in total. The quantitative estimate of drug-likeness (QED) is 0.149. The molecule has 4 aliphatic heterocycles. The molecular formula is C30H21N6O3P3. The van der Waals surface area contributed by atoms with Crippen molar-refractivity contribution < 1.29 is 13.6 Å². The van der Waals surface area contributed by atoms with Gasteiger partial charge in [0.15, 0.2) is 17.2 Å². The summed E-state index contributed by atoms with van der Waals surface area (Å²) in [6, 6.07) is 37.0. The van der Waals surface area contributed by atoms with Crippen molar-refractivity contribution in [1.82, 2.24) is 0 Å². The molecule has 0 aromatic heterocycles. The minimum absolute atomic E-state index is 0.706. The molecule has 12 heteroatoms. The molecule has 0 unspecified atom stereocenters. The van der Waals surface area contributed by atoms with Gasteiger partial charge in [0.2, 0.25) is 0 Å². The molecule has 0 atom stereocenters. The Morgan fingerprint density at radius 3 is 0.929 bits per heavy atom. The van der Waals surface area contributed by atoms with Crippen LogP contribution in [-0.2, 0) is 0 Å². The molecule has 0 saturated heterocycles. The third-order valence-electron chi connectivity index (χ3n) is 7.75. The second-order valence-corrected chi connectivity index (χ2v) is 17.2. The molecule has 10 rings (SSSR count). The van der Waals surface area contributed by atoms with Crippen LogP contribution in [0.1, 0.15) is 0 Å². The summed E-state index contributed by atoms with van der Waals surface area (Å²) >= 11 is 0. The lowest BCUT2D eigenvalue weighted by molar-refractivity contribution is 0.604. The van der Waals surface area contributed by atoms with Gasteiger partial charge < -0.3 is 13.6 Å². The van der Waals surface area contributed by atoms with Crippen LogP contribution in [0, 0.1) is 0 Å². The van der Waals surface area contributed by atoms with Gasteiger partial charge in [0, 0.05) is 0 Å². The van der Waals surface area contributed by atoms with Crippen molar-refractivity contribution in [2.45, 2.75) is 0 Å². The van der Waals surface area contributed by atoms with Gasteiger partial charge in [0.05, 0.1) is 17.1 Å². The van der Waals surface area contributed by atoms with Crippen molar-refractivity contribution in [3.63, 3.8) is 0 Å².